The smallest absolute Gasteiger partial charge is 0.326 e. The minimum absolute atomic E-state index is 0.0407. The van der Waals surface area contributed by atoms with Crippen LogP contribution in [0.3, 0.4) is 0 Å². The van der Waals surface area contributed by atoms with Gasteiger partial charge in [-0.2, -0.15) is 0 Å². The molecule has 21 heavy (non-hydrogen) atoms. The molecule has 1 rings (SSSR count). The SMILES string of the molecule is CCCC1(CCC)C(=O)N([Si](C)(C)C(C)(C)C)[C@@H]1C(=O)O. The third kappa shape index (κ3) is 2.65. The first-order valence-electron chi connectivity index (χ1n) is 8.04. The van der Waals surface area contributed by atoms with Crippen molar-refractivity contribution in [2.75, 3.05) is 0 Å². The number of β-lactam (4-membered cyclic amide) rings is 1. The standard InChI is InChI=1S/C16H31NO3Si/c1-8-10-16(11-9-2)12(13(18)19)17(14(16)20)21(6,7)15(3,4)5/h12H,8-11H2,1-7H3,(H,18,19)/t12-/m1/s1. The van der Waals surface area contributed by atoms with Gasteiger partial charge in [0.05, 0.1) is 5.41 Å². The van der Waals surface area contributed by atoms with Crippen molar-refractivity contribution in [3.05, 3.63) is 0 Å². The quantitative estimate of drug-likeness (QED) is 0.598. The molecule has 0 saturated carbocycles. The lowest BCUT2D eigenvalue weighted by atomic mass is 9.66. The Morgan fingerprint density at radius 1 is 1.24 bits per heavy atom. The Hall–Kier alpha value is -0.843. The summed E-state index contributed by atoms with van der Waals surface area (Å²) in [5.41, 5.74) is -0.662. The topological polar surface area (TPSA) is 57.6 Å². The van der Waals surface area contributed by atoms with Crippen molar-refractivity contribution in [1.82, 2.24) is 4.57 Å². The maximum absolute atomic E-state index is 13.0. The molecule has 0 aromatic heterocycles. The molecule has 1 amide bonds. The predicted molar refractivity (Wildman–Crippen MR) is 87.7 cm³/mol. The minimum atomic E-state index is -2.15. The van der Waals surface area contributed by atoms with Gasteiger partial charge >= 0.3 is 5.97 Å². The van der Waals surface area contributed by atoms with Crippen LogP contribution in [0.4, 0.5) is 0 Å². The van der Waals surface area contributed by atoms with Crippen molar-refractivity contribution in [3.8, 4) is 0 Å². The Morgan fingerprint density at radius 2 is 1.67 bits per heavy atom. The van der Waals surface area contributed by atoms with Crippen LogP contribution in [0.15, 0.2) is 0 Å². The van der Waals surface area contributed by atoms with Crippen LogP contribution in [0.25, 0.3) is 0 Å². The zero-order chi connectivity index (χ0) is 16.6. The van der Waals surface area contributed by atoms with Crippen LogP contribution >= 0.6 is 0 Å². The van der Waals surface area contributed by atoms with Crippen LogP contribution < -0.4 is 0 Å². The van der Waals surface area contributed by atoms with Gasteiger partial charge in [-0.1, -0.05) is 60.6 Å². The van der Waals surface area contributed by atoms with Crippen molar-refractivity contribution in [2.24, 2.45) is 5.41 Å². The number of hydrogen-bond donors (Lipinski definition) is 1. The molecule has 122 valence electrons. The highest BCUT2D eigenvalue weighted by atomic mass is 28.3. The second kappa shape index (κ2) is 5.74. The summed E-state index contributed by atoms with van der Waals surface area (Å²) in [6, 6.07) is -0.634. The number of nitrogens with zero attached hydrogens (tertiary/aromatic N) is 1. The van der Waals surface area contributed by atoms with E-state index in [0.717, 1.165) is 12.8 Å². The number of amides is 1. The molecule has 4 nitrogen and oxygen atoms in total. The summed E-state index contributed by atoms with van der Waals surface area (Å²) in [6.07, 6.45) is 3.06. The second-order valence-electron chi connectivity index (χ2n) is 7.88. The van der Waals surface area contributed by atoms with E-state index in [0.29, 0.717) is 12.8 Å². The summed E-state index contributed by atoms with van der Waals surface area (Å²) in [6.45, 7) is 14.6. The number of carboxylic acids is 1. The molecule has 0 spiro atoms. The maximum Gasteiger partial charge on any atom is 0.326 e. The zero-order valence-corrected chi connectivity index (χ0v) is 15.6. The third-order valence-corrected chi connectivity index (χ3v) is 10.8. The average molecular weight is 314 g/mol. The summed E-state index contributed by atoms with van der Waals surface area (Å²) >= 11 is 0. The third-order valence-electron chi connectivity index (χ3n) is 5.49. The van der Waals surface area contributed by atoms with Gasteiger partial charge in [-0.3, -0.25) is 4.79 Å². The Kier molecular flexibility index (Phi) is 4.98. The summed E-state index contributed by atoms with van der Waals surface area (Å²) in [5.74, 6) is -0.744. The maximum atomic E-state index is 13.0. The number of rotatable bonds is 6. The van der Waals surface area contributed by atoms with Crippen LogP contribution in [0.1, 0.15) is 60.3 Å². The lowest BCUT2D eigenvalue weighted by molar-refractivity contribution is -0.178. The molecule has 1 heterocycles. The van der Waals surface area contributed by atoms with Gasteiger partial charge < -0.3 is 9.67 Å². The van der Waals surface area contributed by atoms with Crippen molar-refractivity contribution >= 4 is 20.1 Å². The molecule has 1 aliphatic heterocycles. The normalized spacial score (nSPS) is 22.1. The molecule has 1 aliphatic rings. The highest BCUT2D eigenvalue weighted by Gasteiger charge is 2.67. The van der Waals surface area contributed by atoms with E-state index >= 15 is 0 Å². The number of hydrogen-bond acceptors (Lipinski definition) is 2. The van der Waals surface area contributed by atoms with E-state index in [1.54, 1.807) is 4.57 Å². The number of carboxylic acid groups (broad SMARTS) is 1. The van der Waals surface area contributed by atoms with Crippen LogP contribution in [0.2, 0.25) is 18.1 Å². The van der Waals surface area contributed by atoms with Gasteiger partial charge in [-0.05, 0) is 17.9 Å². The Morgan fingerprint density at radius 3 is 1.95 bits per heavy atom. The van der Waals surface area contributed by atoms with E-state index in [9.17, 15) is 14.7 Å². The first-order valence-corrected chi connectivity index (χ1v) is 11.0. The van der Waals surface area contributed by atoms with Gasteiger partial charge in [0.15, 0.2) is 8.24 Å². The van der Waals surface area contributed by atoms with Gasteiger partial charge in [-0.25, -0.2) is 4.79 Å². The highest BCUT2D eigenvalue weighted by Crippen LogP contribution is 2.53. The van der Waals surface area contributed by atoms with Crippen LogP contribution in [-0.2, 0) is 9.59 Å². The van der Waals surface area contributed by atoms with E-state index in [-0.39, 0.29) is 10.9 Å². The molecular weight excluding hydrogens is 282 g/mol. The van der Waals surface area contributed by atoms with Gasteiger partial charge in [-0.15, -0.1) is 0 Å². The van der Waals surface area contributed by atoms with Crippen molar-refractivity contribution in [3.63, 3.8) is 0 Å². The van der Waals surface area contributed by atoms with Crippen molar-refractivity contribution < 1.29 is 14.7 Å². The molecule has 0 unspecified atom stereocenters. The minimum Gasteiger partial charge on any atom is -0.480 e. The molecule has 1 N–H and O–H groups in total. The van der Waals surface area contributed by atoms with Crippen LogP contribution in [-0.4, -0.2) is 35.8 Å². The summed E-state index contributed by atoms with van der Waals surface area (Å²) in [7, 11) is -2.15. The fourth-order valence-corrected chi connectivity index (χ4v) is 5.90. The van der Waals surface area contributed by atoms with Gasteiger partial charge in [0.1, 0.15) is 6.04 Å². The van der Waals surface area contributed by atoms with Gasteiger partial charge in [0.25, 0.3) is 0 Å². The summed E-state index contributed by atoms with van der Waals surface area (Å²) in [4.78, 5) is 24.9. The summed E-state index contributed by atoms with van der Waals surface area (Å²) in [5, 5.41) is 9.73. The molecule has 0 aromatic rings. The Balaban J connectivity index is 3.27. The first kappa shape index (κ1) is 18.2. The average Bonchev–Trinajstić information content (AvgIpc) is 2.32. The molecule has 1 atom stereocenters. The summed E-state index contributed by atoms with van der Waals surface area (Å²) < 4.78 is 1.76. The van der Waals surface area contributed by atoms with E-state index in [1.807, 2.05) is 13.8 Å². The number of carbonyl (C=O) groups excluding carboxylic acids is 1. The van der Waals surface area contributed by atoms with Gasteiger partial charge in [0.2, 0.25) is 5.91 Å². The van der Waals surface area contributed by atoms with Crippen LogP contribution in [0.5, 0.6) is 0 Å². The Bertz CT molecular complexity index is 420. The lowest BCUT2D eigenvalue weighted by Gasteiger charge is -2.62. The van der Waals surface area contributed by atoms with Crippen molar-refractivity contribution in [1.29, 1.82) is 0 Å². The second-order valence-corrected chi connectivity index (χ2v) is 13.0. The van der Waals surface area contributed by atoms with Gasteiger partial charge in [0, 0.05) is 0 Å². The van der Waals surface area contributed by atoms with Crippen molar-refractivity contribution in [2.45, 2.75) is 84.5 Å². The Labute approximate surface area is 130 Å². The van der Waals surface area contributed by atoms with E-state index in [1.165, 1.54) is 0 Å². The largest absolute Gasteiger partial charge is 0.480 e. The van der Waals surface area contributed by atoms with E-state index in [2.05, 4.69) is 33.9 Å². The molecule has 0 aromatic carbocycles. The lowest BCUT2D eigenvalue weighted by Crippen LogP contribution is -2.79. The number of carbonyl (C=O) groups is 2. The monoisotopic (exact) mass is 313 g/mol. The predicted octanol–water partition coefficient (Wildman–Crippen LogP) is 3.87. The molecule has 0 aliphatic carbocycles. The molecule has 0 bridgehead atoms. The van der Waals surface area contributed by atoms with Crippen LogP contribution in [0, 0.1) is 5.41 Å². The van der Waals surface area contributed by atoms with E-state index in [4.69, 9.17) is 0 Å². The molecule has 0 radical (unpaired) electrons. The van der Waals surface area contributed by atoms with E-state index < -0.39 is 25.7 Å². The molecule has 5 heteroatoms. The molecule has 1 saturated heterocycles. The number of aliphatic carboxylic acids is 1. The fourth-order valence-electron chi connectivity index (χ4n) is 3.44. The fraction of sp³-hybridized carbons (Fsp3) is 0.875. The molecule has 1 fully saturated rings. The first-order chi connectivity index (χ1) is 9.47. The highest BCUT2D eigenvalue weighted by molar-refractivity contribution is 6.80. The zero-order valence-electron chi connectivity index (χ0n) is 14.6. The molecular formula is C16H31NO3Si.